The molecule has 0 saturated heterocycles. The minimum absolute atomic E-state index is 0.00318. The number of aliphatic carboxylic acids is 1. The molecule has 1 aromatic rings. The first kappa shape index (κ1) is 42.9. The Morgan fingerprint density at radius 1 is 0.774 bits per heavy atom. The lowest BCUT2D eigenvalue weighted by molar-refractivity contribution is -0.144. The SMILES string of the molecule is NCCCC[C@@H]1NC(=O)[C@H](CCCCN)NC(=O)[C@@H](N)C/C=C/C[C@@H](C(=O)N[C@@H](Cc2ccc(O)cc2)C(=O)N[C@H](C(=O)O)C2CCCCC2)NC1=O. The van der Waals surface area contributed by atoms with Crippen LogP contribution in [0.25, 0.3) is 0 Å². The van der Waals surface area contributed by atoms with E-state index in [0.29, 0.717) is 57.2 Å². The van der Waals surface area contributed by atoms with Crippen molar-refractivity contribution in [2.45, 2.75) is 126 Å². The Hall–Kier alpha value is -4.54. The van der Waals surface area contributed by atoms with Gasteiger partial charge in [0.25, 0.3) is 0 Å². The number of hydrogen-bond acceptors (Lipinski definition) is 10. The second kappa shape index (κ2) is 22.5. The molecule has 2 aliphatic rings. The quantitative estimate of drug-likeness (QED) is 0.0792. The fraction of sp³-hybridized carbons (Fsp3) is 0.622. The smallest absolute Gasteiger partial charge is 0.326 e. The summed E-state index contributed by atoms with van der Waals surface area (Å²) < 4.78 is 0. The highest BCUT2D eigenvalue weighted by Crippen LogP contribution is 2.27. The normalized spacial score (nSPS) is 23.6. The third kappa shape index (κ3) is 14.4. The molecule has 294 valence electrons. The number of phenolic OH excluding ortho intramolecular Hbond substituents is 1. The van der Waals surface area contributed by atoms with Gasteiger partial charge in [-0.1, -0.05) is 43.5 Å². The molecule has 1 saturated carbocycles. The maximum absolute atomic E-state index is 14.0. The Morgan fingerprint density at radius 2 is 1.34 bits per heavy atom. The number of phenols is 1. The summed E-state index contributed by atoms with van der Waals surface area (Å²) in [5.74, 6) is -4.64. The van der Waals surface area contributed by atoms with Crippen molar-refractivity contribution < 1.29 is 39.0 Å². The molecule has 6 atom stereocenters. The summed E-state index contributed by atoms with van der Waals surface area (Å²) in [5.41, 5.74) is 18.0. The van der Waals surface area contributed by atoms with Crippen LogP contribution in [0.5, 0.6) is 5.75 Å². The molecule has 0 spiro atoms. The lowest BCUT2D eigenvalue weighted by atomic mass is 9.83. The first-order valence-corrected chi connectivity index (χ1v) is 18.8. The summed E-state index contributed by atoms with van der Waals surface area (Å²) in [5, 5.41) is 33.4. The van der Waals surface area contributed by atoms with E-state index in [4.69, 9.17) is 17.2 Å². The van der Waals surface area contributed by atoms with Crippen molar-refractivity contribution in [1.82, 2.24) is 26.6 Å². The van der Waals surface area contributed by atoms with Crippen molar-refractivity contribution in [3.05, 3.63) is 42.0 Å². The zero-order valence-corrected chi connectivity index (χ0v) is 30.4. The first-order chi connectivity index (χ1) is 25.4. The Kier molecular flexibility index (Phi) is 18.2. The van der Waals surface area contributed by atoms with Crippen LogP contribution in [-0.4, -0.2) is 95.1 Å². The molecule has 5 amide bonds. The number of carboxylic acids is 1. The second-order valence-corrected chi connectivity index (χ2v) is 14.0. The minimum Gasteiger partial charge on any atom is -0.508 e. The molecule has 1 heterocycles. The van der Waals surface area contributed by atoms with E-state index in [0.717, 1.165) is 19.3 Å². The molecule has 1 aromatic carbocycles. The molecular weight excluding hydrogens is 684 g/mol. The van der Waals surface area contributed by atoms with E-state index in [-0.39, 0.29) is 43.8 Å². The van der Waals surface area contributed by atoms with E-state index < -0.39 is 71.8 Å². The van der Waals surface area contributed by atoms with Crippen LogP contribution in [0.15, 0.2) is 36.4 Å². The van der Waals surface area contributed by atoms with Gasteiger partial charge < -0.3 is 54.0 Å². The average Bonchev–Trinajstić information content (AvgIpc) is 3.14. The highest BCUT2D eigenvalue weighted by Gasteiger charge is 2.35. The van der Waals surface area contributed by atoms with Gasteiger partial charge in [-0.15, -0.1) is 0 Å². The van der Waals surface area contributed by atoms with E-state index in [1.54, 1.807) is 24.3 Å². The molecule has 1 aliphatic heterocycles. The van der Waals surface area contributed by atoms with E-state index in [1.165, 1.54) is 12.1 Å². The predicted octanol–water partition coefficient (Wildman–Crippen LogP) is -0.0411. The van der Waals surface area contributed by atoms with Gasteiger partial charge in [0.1, 0.15) is 36.0 Å². The van der Waals surface area contributed by atoms with Crippen molar-refractivity contribution in [2.75, 3.05) is 13.1 Å². The van der Waals surface area contributed by atoms with Crippen LogP contribution in [0.4, 0.5) is 0 Å². The summed E-state index contributed by atoms with van der Waals surface area (Å²) in [6.45, 7) is 0.764. The number of nitrogens with one attached hydrogen (secondary N) is 5. The summed E-state index contributed by atoms with van der Waals surface area (Å²) in [4.78, 5) is 80.4. The molecular formula is C37H58N8O8. The lowest BCUT2D eigenvalue weighted by Gasteiger charge is -2.30. The monoisotopic (exact) mass is 742 g/mol. The Bertz CT molecular complexity index is 1400. The van der Waals surface area contributed by atoms with Crippen LogP contribution < -0.4 is 43.8 Å². The maximum atomic E-state index is 14.0. The highest BCUT2D eigenvalue weighted by atomic mass is 16.4. The molecule has 1 fully saturated rings. The van der Waals surface area contributed by atoms with Crippen molar-refractivity contribution in [2.24, 2.45) is 23.1 Å². The molecule has 0 aromatic heterocycles. The van der Waals surface area contributed by atoms with Gasteiger partial charge in [-0.25, -0.2) is 4.79 Å². The molecule has 13 N–H and O–H groups in total. The minimum atomic E-state index is -1.25. The average molecular weight is 743 g/mol. The molecule has 16 nitrogen and oxygen atoms in total. The molecule has 16 heteroatoms. The fourth-order valence-electron chi connectivity index (χ4n) is 6.61. The van der Waals surface area contributed by atoms with E-state index in [1.807, 2.05) is 0 Å². The first-order valence-electron chi connectivity index (χ1n) is 18.8. The standard InChI is InChI=1S/C37H58N8O8/c38-20-8-6-14-27-33(48)43-29(15-7-9-21-39)34(49)42-28(13-5-4-12-26(40)32(47)41-27)35(50)44-30(22-23-16-18-25(46)19-17-23)36(51)45-31(37(52)53)24-10-2-1-3-11-24/h4-5,16-19,24,26-31,46H,1-3,6-15,20-22,38-40H2,(H,41,47)(H,42,49)(H,43,48)(H,44,50)(H,45,51)(H,52,53)/b5-4+/t26-,27-,28-,29-,30-,31-/m0/s1. The number of nitrogens with two attached hydrogens (primary N) is 3. The number of hydrogen-bond donors (Lipinski definition) is 10. The summed E-state index contributed by atoms with van der Waals surface area (Å²) >= 11 is 0. The predicted molar refractivity (Wildman–Crippen MR) is 198 cm³/mol. The molecule has 53 heavy (non-hydrogen) atoms. The summed E-state index contributed by atoms with van der Waals surface area (Å²) in [7, 11) is 0. The van der Waals surface area contributed by atoms with Crippen LogP contribution >= 0.6 is 0 Å². The van der Waals surface area contributed by atoms with E-state index in [2.05, 4.69) is 26.6 Å². The number of carbonyl (C=O) groups excluding carboxylic acids is 5. The second-order valence-electron chi connectivity index (χ2n) is 14.0. The molecule has 0 unspecified atom stereocenters. The van der Waals surface area contributed by atoms with Crippen molar-refractivity contribution >= 4 is 35.5 Å². The number of benzene rings is 1. The van der Waals surface area contributed by atoms with Gasteiger partial charge in [0, 0.05) is 6.42 Å². The number of aromatic hydroxyl groups is 1. The van der Waals surface area contributed by atoms with Crippen molar-refractivity contribution in [1.29, 1.82) is 0 Å². The van der Waals surface area contributed by atoms with Gasteiger partial charge in [-0.2, -0.15) is 0 Å². The van der Waals surface area contributed by atoms with E-state index >= 15 is 0 Å². The fourth-order valence-corrected chi connectivity index (χ4v) is 6.61. The molecule has 3 rings (SSSR count). The largest absolute Gasteiger partial charge is 0.508 e. The zero-order chi connectivity index (χ0) is 38.8. The van der Waals surface area contributed by atoms with Crippen LogP contribution in [0.1, 0.15) is 89.0 Å². The third-order valence-corrected chi connectivity index (χ3v) is 9.75. The van der Waals surface area contributed by atoms with Gasteiger partial charge in [-0.3, -0.25) is 24.0 Å². The Balaban J connectivity index is 1.91. The zero-order valence-electron chi connectivity index (χ0n) is 30.4. The van der Waals surface area contributed by atoms with Crippen LogP contribution in [0.3, 0.4) is 0 Å². The maximum Gasteiger partial charge on any atom is 0.326 e. The molecule has 1 aliphatic carbocycles. The van der Waals surface area contributed by atoms with Gasteiger partial charge in [-0.05, 0) is 101 Å². The Morgan fingerprint density at radius 3 is 1.92 bits per heavy atom. The van der Waals surface area contributed by atoms with Gasteiger partial charge in [0.05, 0.1) is 6.04 Å². The number of carboxylic acid groups (broad SMARTS) is 1. The number of rotatable bonds is 16. The van der Waals surface area contributed by atoms with Gasteiger partial charge in [0.15, 0.2) is 0 Å². The lowest BCUT2D eigenvalue weighted by Crippen LogP contribution is -2.60. The van der Waals surface area contributed by atoms with Crippen LogP contribution in [0, 0.1) is 5.92 Å². The third-order valence-electron chi connectivity index (χ3n) is 9.75. The van der Waals surface area contributed by atoms with Gasteiger partial charge >= 0.3 is 5.97 Å². The van der Waals surface area contributed by atoms with Crippen molar-refractivity contribution in [3.8, 4) is 5.75 Å². The van der Waals surface area contributed by atoms with Crippen LogP contribution in [0.2, 0.25) is 0 Å². The number of amides is 5. The summed E-state index contributed by atoms with van der Waals surface area (Å²) in [6, 6.07) is -0.652. The van der Waals surface area contributed by atoms with Crippen molar-refractivity contribution in [3.63, 3.8) is 0 Å². The molecule has 0 bridgehead atoms. The number of unbranched alkanes of at least 4 members (excludes halogenated alkanes) is 2. The van der Waals surface area contributed by atoms with Gasteiger partial charge in [0.2, 0.25) is 29.5 Å². The molecule has 0 radical (unpaired) electrons. The number of carbonyl (C=O) groups is 6. The van der Waals surface area contributed by atoms with E-state index in [9.17, 15) is 39.0 Å². The van der Waals surface area contributed by atoms with Crippen LogP contribution in [-0.2, 0) is 35.2 Å². The Labute approximate surface area is 310 Å². The highest BCUT2D eigenvalue weighted by molar-refractivity contribution is 5.96. The topological polar surface area (TPSA) is 281 Å². The summed E-state index contributed by atoms with van der Waals surface area (Å²) in [6.07, 6.45) is 9.88.